The van der Waals surface area contributed by atoms with Crippen LogP contribution in [0.3, 0.4) is 0 Å². The predicted octanol–water partition coefficient (Wildman–Crippen LogP) is 5.12. The van der Waals surface area contributed by atoms with Crippen LogP contribution >= 0.6 is 11.6 Å². The summed E-state index contributed by atoms with van der Waals surface area (Å²) in [5.74, 6) is 0.0600. The van der Waals surface area contributed by atoms with Gasteiger partial charge in [0.25, 0.3) is 0 Å². The maximum atomic E-state index is 13.2. The quantitative estimate of drug-likeness (QED) is 0.543. The molecule has 7 heteroatoms. The van der Waals surface area contributed by atoms with E-state index in [1.165, 1.54) is 12.1 Å². The molecule has 0 unspecified atom stereocenters. The number of aromatic hydroxyl groups is 1. The van der Waals surface area contributed by atoms with E-state index in [0.717, 1.165) is 31.9 Å². The van der Waals surface area contributed by atoms with Gasteiger partial charge in [-0.15, -0.1) is 0 Å². The van der Waals surface area contributed by atoms with Crippen molar-refractivity contribution in [2.24, 2.45) is 0 Å². The fraction of sp³-hybridized carbons (Fsp3) is 0.192. The number of hydrogen-bond donors (Lipinski definition) is 1. The number of rotatable bonds is 4. The molecule has 168 valence electrons. The molecule has 0 saturated carbocycles. The molecule has 5 rings (SSSR count). The molecule has 0 atom stereocenters. The zero-order chi connectivity index (χ0) is 22.9. The van der Waals surface area contributed by atoms with Crippen LogP contribution in [0.1, 0.15) is 21.5 Å². The Labute approximate surface area is 196 Å². The van der Waals surface area contributed by atoms with Crippen LogP contribution in [0.2, 0.25) is 5.02 Å². The van der Waals surface area contributed by atoms with Gasteiger partial charge < -0.3 is 14.7 Å². The van der Waals surface area contributed by atoms with Crippen LogP contribution < -0.4 is 9.64 Å². The molecule has 1 saturated heterocycles. The lowest BCUT2D eigenvalue weighted by Gasteiger charge is -2.36. The number of piperazine rings is 1. The van der Waals surface area contributed by atoms with Crippen molar-refractivity contribution in [1.29, 1.82) is 0 Å². The standard InChI is InChI=1S/C26H22ClFN2O3/c27-18-2-1-3-20(15-18)30-12-10-29(11-13-30)16-22-23(31)9-8-21-25(32)24(33-26(21)22)14-17-4-6-19(28)7-5-17/h1-9,14-15,31H,10-13,16H2/b24-14-. The van der Waals surface area contributed by atoms with Gasteiger partial charge in [-0.25, -0.2) is 4.39 Å². The van der Waals surface area contributed by atoms with Crippen molar-refractivity contribution in [2.45, 2.75) is 6.54 Å². The molecular weight excluding hydrogens is 443 g/mol. The number of allylic oxidation sites excluding steroid dienone is 1. The van der Waals surface area contributed by atoms with Gasteiger partial charge in [-0.3, -0.25) is 9.69 Å². The Morgan fingerprint density at radius 1 is 1.03 bits per heavy atom. The molecule has 0 spiro atoms. The number of nitrogens with zero attached hydrogens (tertiary/aromatic N) is 2. The lowest BCUT2D eigenvalue weighted by Crippen LogP contribution is -2.46. The minimum atomic E-state index is -0.346. The van der Waals surface area contributed by atoms with E-state index in [1.54, 1.807) is 30.3 Å². The summed E-state index contributed by atoms with van der Waals surface area (Å²) in [5.41, 5.74) is 2.78. The third-order valence-electron chi connectivity index (χ3n) is 6.01. The van der Waals surface area contributed by atoms with Crippen LogP contribution in [-0.4, -0.2) is 42.0 Å². The first-order valence-corrected chi connectivity index (χ1v) is 11.1. The lowest BCUT2D eigenvalue weighted by molar-refractivity contribution is 0.101. The molecule has 2 aliphatic heterocycles. The molecule has 0 amide bonds. The van der Waals surface area contributed by atoms with Gasteiger partial charge in [0.05, 0.1) is 11.1 Å². The van der Waals surface area contributed by atoms with Crippen molar-refractivity contribution in [3.05, 3.63) is 94.0 Å². The van der Waals surface area contributed by atoms with Crippen molar-refractivity contribution < 1.29 is 19.0 Å². The number of carbonyl (C=O) groups excluding carboxylic acids is 1. The van der Waals surface area contributed by atoms with E-state index in [9.17, 15) is 14.3 Å². The summed E-state index contributed by atoms with van der Waals surface area (Å²) in [4.78, 5) is 17.4. The summed E-state index contributed by atoms with van der Waals surface area (Å²) < 4.78 is 19.1. The van der Waals surface area contributed by atoms with Gasteiger partial charge in [0.1, 0.15) is 17.3 Å². The second kappa shape index (κ2) is 8.89. The molecule has 0 aromatic heterocycles. The van der Waals surface area contributed by atoms with E-state index in [0.29, 0.717) is 34.0 Å². The maximum Gasteiger partial charge on any atom is 0.231 e. The molecule has 3 aromatic rings. The van der Waals surface area contributed by atoms with E-state index >= 15 is 0 Å². The van der Waals surface area contributed by atoms with Crippen molar-refractivity contribution in [3.8, 4) is 11.5 Å². The molecule has 3 aromatic carbocycles. The third-order valence-corrected chi connectivity index (χ3v) is 6.25. The smallest absolute Gasteiger partial charge is 0.231 e. The van der Waals surface area contributed by atoms with E-state index in [2.05, 4.69) is 9.80 Å². The minimum absolute atomic E-state index is 0.0989. The Balaban J connectivity index is 1.32. The van der Waals surface area contributed by atoms with Gasteiger partial charge in [-0.05, 0) is 54.1 Å². The zero-order valence-electron chi connectivity index (χ0n) is 17.8. The van der Waals surface area contributed by atoms with Crippen LogP contribution in [0.15, 0.2) is 66.4 Å². The van der Waals surface area contributed by atoms with Gasteiger partial charge in [-0.1, -0.05) is 29.8 Å². The fourth-order valence-electron chi connectivity index (χ4n) is 4.22. The highest BCUT2D eigenvalue weighted by Crippen LogP contribution is 2.40. The number of Topliss-reactive ketones (excluding diaryl/α,β-unsaturated/α-hetero) is 1. The minimum Gasteiger partial charge on any atom is -0.507 e. The highest BCUT2D eigenvalue weighted by atomic mass is 35.5. The summed E-state index contributed by atoms with van der Waals surface area (Å²) in [7, 11) is 0. The Morgan fingerprint density at radius 2 is 1.79 bits per heavy atom. The van der Waals surface area contributed by atoms with Gasteiger partial charge in [0.15, 0.2) is 5.76 Å². The topological polar surface area (TPSA) is 53.0 Å². The number of hydrogen-bond acceptors (Lipinski definition) is 5. The molecule has 0 radical (unpaired) electrons. The number of phenols is 1. The zero-order valence-corrected chi connectivity index (χ0v) is 18.6. The molecule has 2 aliphatic rings. The molecule has 0 bridgehead atoms. The van der Waals surface area contributed by atoms with E-state index in [4.69, 9.17) is 16.3 Å². The van der Waals surface area contributed by atoms with Crippen LogP contribution in [0.25, 0.3) is 6.08 Å². The van der Waals surface area contributed by atoms with E-state index in [1.807, 2.05) is 24.3 Å². The van der Waals surface area contributed by atoms with Gasteiger partial charge >= 0.3 is 0 Å². The second-order valence-corrected chi connectivity index (χ2v) is 8.61. The van der Waals surface area contributed by atoms with Crippen LogP contribution in [0, 0.1) is 5.82 Å². The van der Waals surface area contributed by atoms with Crippen molar-refractivity contribution in [3.63, 3.8) is 0 Å². The summed E-state index contributed by atoms with van der Waals surface area (Å²) in [6, 6.07) is 16.8. The van der Waals surface area contributed by atoms with Gasteiger partial charge in [0.2, 0.25) is 5.78 Å². The number of halogens is 2. The molecule has 2 heterocycles. The van der Waals surface area contributed by atoms with E-state index < -0.39 is 0 Å². The molecule has 1 N–H and O–H groups in total. The Hall–Kier alpha value is -3.35. The Bertz CT molecular complexity index is 1230. The lowest BCUT2D eigenvalue weighted by atomic mass is 10.0. The third kappa shape index (κ3) is 4.45. The van der Waals surface area contributed by atoms with Crippen molar-refractivity contribution in [2.75, 3.05) is 31.1 Å². The Morgan fingerprint density at radius 3 is 2.52 bits per heavy atom. The van der Waals surface area contributed by atoms with Crippen LogP contribution in [-0.2, 0) is 6.54 Å². The number of anilines is 1. The average Bonchev–Trinajstić information content (AvgIpc) is 3.13. The highest BCUT2D eigenvalue weighted by Gasteiger charge is 2.32. The molecule has 33 heavy (non-hydrogen) atoms. The van der Waals surface area contributed by atoms with Gasteiger partial charge in [0, 0.05) is 43.4 Å². The molecule has 5 nitrogen and oxygen atoms in total. The maximum absolute atomic E-state index is 13.2. The predicted molar refractivity (Wildman–Crippen MR) is 126 cm³/mol. The van der Waals surface area contributed by atoms with Crippen LogP contribution in [0.5, 0.6) is 11.5 Å². The van der Waals surface area contributed by atoms with Crippen molar-refractivity contribution >= 4 is 29.1 Å². The normalized spacial score (nSPS) is 17.3. The first-order chi connectivity index (χ1) is 16.0. The molecular formula is C26H22ClFN2O3. The summed E-state index contributed by atoms with van der Waals surface area (Å²) in [6.45, 7) is 3.70. The van der Waals surface area contributed by atoms with Gasteiger partial charge in [-0.2, -0.15) is 0 Å². The summed E-state index contributed by atoms with van der Waals surface area (Å²) in [6.07, 6.45) is 1.59. The number of fused-ring (bicyclic) bond motifs is 1. The van der Waals surface area contributed by atoms with Crippen molar-refractivity contribution in [1.82, 2.24) is 4.90 Å². The average molecular weight is 465 g/mol. The second-order valence-electron chi connectivity index (χ2n) is 8.17. The van der Waals surface area contributed by atoms with Crippen LogP contribution in [0.4, 0.5) is 10.1 Å². The number of benzene rings is 3. The fourth-order valence-corrected chi connectivity index (χ4v) is 4.41. The first kappa shape index (κ1) is 21.5. The number of carbonyl (C=O) groups is 1. The number of ether oxygens (including phenoxy) is 1. The first-order valence-electron chi connectivity index (χ1n) is 10.8. The molecule has 0 aliphatic carbocycles. The number of ketones is 1. The summed E-state index contributed by atoms with van der Waals surface area (Å²) in [5, 5.41) is 11.3. The summed E-state index contributed by atoms with van der Waals surface area (Å²) >= 11 is 6.13. The monoisotopic (exact) mass is 464 g/mol. The SMILES string of the molecule is O=C1/C(=C/c2ccc(F)cc2)Oc2c1ccc(O)c2CN1CCN(c2cccc(Cl)c2)CC1. The largest absolute Gasteiger partial charge is 0.507 e. The number of phenolic OH excluding ortho intramolecular Hbond substituents is 1. The van der Waals surface area contributed by atoms with E-state index in [-0.39, 0.29) is 23.1 Å². The molecule has 1 fully saturated rings. The highest BCUT2D eigenvalue weighted by molar-refractivity contribution is 6.30. The Kier molecular flexibility index (Phi) is 5.79.